The number of anilines is 1. The van der Waals surface area contributed by atoms with E-state index in [1.807, 2.05) is 23.5 Å². The molecule has 0 fully saturated rings. The maximum absolute atomic E-state index is 5.79. The largest absolute Gasteiger partial charge is 0.399 e. The average molecular weight is 277 g/mol. The van der Waals surface area contributed by atoms with E-state index in [-0.39, 0.29) is 0 Å². The summed E-state index contributed by atoms with van der Waals surface area (Å²) >= 11 is 1.91. The third-order valence-electron chi connectivity index (χ3n) is 3.90. The topological polar surface area (TPSA) is 26.0 Å². The van der Waals surface area contributed by atoms with Gasteiger partial charge < -0.3 is 5.73 Å². The van der Waals surface area contributed by atoms with Gasteiger partial charge in [0.1, 0.15) is 0 Å². The van der Waals surface area contributed by atoms with Crippen LogP contribution < -0.4 is 5.73 Å². The fourth-order valence-electron chi connectivity index (χ4n) is 2.89. The van der Waals surface area contributed by atoms with Crippen LogP contribution in [0.15, 0.2) is 48.5 Å². The molecule has 1 aromatic heterocycles. The molecular weight excluding hydrogens is 262 g/mol. The van der Waals surface area contributed by atoms with Gasteiger partial charge >= 0.3 is 0 Å². The Morgan fingerprint density at radius 2 is 1.85 bits per heavy atom. The van der Waals surface area contributed by atoms with Gasteiger partial charge in [-0.25, -0.2) is 0 Å². The van der Waals surface area contributed by atoms with Gasteiger partial charge in [0.05, 0.1) is 0 Å². The second kappa shape index (κ2) is 4.50. The first-order valence-electron chi connectivity index (χ1n) is 6.90. The van der Waals surface area contributed by atoms with Gasteiger partial charge in [-0.15, -0.1) is 11.3 Å². The highest BCUT2D eigenvalue weighted by molar-refractivity contribution is 7.20. The van der Waals surface area contributed by atoms with Crippen molar-refractivity contribution >= 4 is 33.2 Å². The van der Waals surface area contributed by atoms with Crippen molar-refractivity contribution in [2.24, 2.45) is 0 Å². The standard InChI is InChI=1S/C18H15NS/c19-13-10-8-12(9-11-13)14-5-3-6-16-15-4-1-2-7-17(15)20-18(14)16/h2-3,5-11H,1,4,19H2. The predicted molar refractivity (Wildman–Crippen MR) is 89.0 cm³/mol. The summed E-state index contributed by atoms with van der Waals surface area (Å²) < 4.78 is 1.40. The summed E-state index contributed by atoms with van der Waals surface area (Å²) in [5.41, 5.74) is 10.7. The van der Waals surface area contributed by atoms with Crippen LogP contribution in [-0.4, -0.2) is 0 Å². The van der Waals surface area contributed by atoms with Crippen molar-refractivity contribution in [3.63, 3.8) is 0 Å². The van der Waals surface area contributed by atoms with Gasteiger partial charge in [0.15, 0.2) is 0 Å². The average Bonchev–Trinajstić information content (AvgIpc) is 2.87. The van der Waals surface area contributed by atoms with Crippen LogP contribution in [0.4, 0.5) is 5.69 Å². The quantitative estimate of drug-likeness (QED) is 0.614. The molecule has 0 atom stereocenters. The first-order chi connectivity index (χ1) is 9.83. The van der Waals surface area contributed by atoms with E-state index in [1.165, 1.54) is 31.7 Å². The fraction of sp³-hybridized carbons (Fsp3) is 0.111. The minimum atomic E-state index is 0.814. The summed E-state index contributed by atoms with van der Waals surface area (Å²) in [6.45, 7) is 0. The smallest absolute Gasteiger partial charge is 0.0430 e. The maximum atomic E-state index is 5.79. The second-order valence-corrected chi connectivity index (χ2v) is 6.24. The lowest BCUT2D eigenvalue weighted by Gasteiger charge is -2.06. The molecule has 0 aliphatic heterocycles. The number of fused-ring (bicyclic) bond motifs is 3. The normalized spacial score (nSPS) is 13.6. The molecule has 0 unspecified atom stereocenters. The molecule has 98 valence electrons. The lowest BCUT2D eigenvalue weighted by molar-refractivity contribution is 1.01. The van der Waals surface area contributed by atoms with Crippen LogP contribution in [0.25, 0.3) is 27.3 Å². The molecule has 1 heterocycles. The molecular formula is C18H15NS. The van der Waals surface area contributed by atoms with Crippen LogP contribution in [-0.2, 0) is 6.42 Å². The number of hydrogen-bond donors (Lipinski definition) is 1. The minimum Gasteiger partial charge on any atom is -0.399 e. The zero-order chi connectivity index (χ0) is 13.5. The number of nitrogens with two attached hydrogens (primary N) is 1. The van der Waals surface area contributed by atoms with Gasteiger partial charge in [-0.3, -0.25) is 0 Å². The Kier molecular flexibility index (Phi) is 2.64. The van der Waals surface area contributed by atoms with Gasteiger partial charge in [0.2, 0.25) is 0 Å². The molecule has 2 aromatic carbocycles. The number of aryl methyl sites for hydroxylation is 1. The van der Waals surface area contributed by atoms with Gasteiger partial charge in [0, 0.05) is 15.3 Å². The number of rotatable bonds is 1. The number of hydrogen-bond acceptors (Lipinski definition) is 2. The summed E-state index contributed by atoms with van der Waals surface area (Å²) in [6, 6.07) is 14.8. The van der Waals surface area contributed by atoms with Gasteiger partial charge in [-0.1, -0.05) is 36.4 Å². The molecule has 1 aliphatic rings. The highest BCUT2D eigenvalue weighted by Gasteiger charge is 2.15. The fourth-order valence-corrected chi connectivity index (χ4v) is 4.21. The zero-order valence-corrected chi connectivity index (χ0v) is 11.9. The first-order valence-corrected chi connectivity index (χ1v) is 7.71. The van der Waals surface area contributed by atoms with Gasteiger partial charge in [-0.05, 0) is 53.1 Å². The van der Waals surface area contributed by atoms with Crippen LogP contribution in [0.2, 0.25) is 0 Å². The summed E-state index contributed by atoms with van der Waals surface area (Å²) in [5.74, 6) is 0. The SMILES string of the molecule is Nc1ccc(-c2cccc3c4c(sc23)C=CCC4)cc1. The molecule has 1 nitrogen and oxygen atoms in total. The molecule has 4 rings (SSSR count). The molecule has 0 radical (unpaired) electrons. The first kappa shape index (κ1) is 11.7. The van der Waals surface area contributed by atoms with E-state index < -0.39 is 0 Å². The number of benzene rings is 2. The Morgan fingerprint density at radius 1 is 1.00 bits per heavy atom. The maximum Gasteiger partial charge on any atom is 0.0430 e. The van der Waals surface area contributed by atoms with E-state index in [9.17, 15) is 0 Å². The van der Waals surface area contributed by atoms with Crippen molar-refractivity contribution in [2.75, 3.05) is 5.73 Å². The van der Waals surface area contributed by atoms with E-state index in [2.05, 4.69) is 42.5 Å². The molecule has 0 saturated heterocycles. The summed E-state index contributed by atoms with van der Waals surface area (Å²) in [7, 11) is 0. The molecule has 2 N–H and O–H groups in total. The molecule has 0 spiro atoms. The van der Waals surface area contributed by atoms with E-state index in [1.54, 1.807) is 0 Å². The Balaban J connectivity index is 1.98. The molecule has 0 bridgehead atoms. The number of thiophene rings is 1. The lowest BCUT2D eigenvalue weighted by atomic mass is 9.98. The van der Waals surface area contributed by atoms with Crippen molar-refractivity contribution in [1.29, 1.82) is 0 Å². The predicted octanol–water partition coefficient (Wildman–Crippen LogP) is 5.11. The van der Waals surface area contributed by atoms with Gasteiger partial charge in [-0.2, -0.15) is 0 Å². The third-order valence-corrected chi connectivity index (χ3v) is 5.15. The van der Waals surface area contributed by atoms with Crippen LogP contribution >= 0.6 is 11.3 Å². The van der Waals surface area contributed by atoms with Crippen molar-refractivity contribution < 1.29 is 0 Å². The molecule has 3 aromatic rings. The Morgan fingerprint density at radius 3 is 2.70 bits per heavy atom. The molecule has 0 saturated carbocycles. The number of allylic oxidation sites excluding steroid dienone is 1. The Hall–Kier alpha value is -2.06. The summed E-state index contributed by atoms with van der Waals surface area (Å²) in [4.78, 5) is 1.43. The highest BCUT2D eigenvalue weighted by atomic mass is 32.1. The van der Waals surface area contributed by atoms with Crippen molar-refractivity contribution in [2.45, 2.75) is 12.8 Å². The van der Waals surface area contributed by atoms with Crippen molar-refractivity contribution in [3.05, 3.63) is 59.0 Å². The van der Waals surface area contributed by atoms with Crippen molar-refractivity contribution in [3.8, 4) is 11.1 Å². The molecule has 0 amide bonds. The molecule has 2 heteroatoms. The van der Waals surface area contributed by atoms with Crippen molar-refractivity contribution in [1.82, 2.24) is 0 Å². The van der Waals surface area contributed by atoms with E-state index >= 15 is 0 Å². The third kappa shape index (κ3) is 1.76. The van der Waals surface area contributed by atoms with Crippen LogP contribution in [0, 0.1) is 0 Å². The van der Waals surface area contributed by atoms with Crippen LogP contribution in [0.1, 0.15) is 16.9 Å². The Labute approximate surface area is 122 Å². The molecule has 1 aliphatic carbocycles. The Bertz CT molecular complexity index is 809. The highest BCUT2D eigenvalue weighted by Crippen LogP contribution is 2.40. The molecule has 20 heavy (non-hydrogen) atoms. The second-order valence-electron chi connectivity index (χ2n) is 5.19. The number of nitrogen functional groups attached to an aromatic ring is 1. The van der Waals surface area contributed by atoms with E-state index in [0.717, 1.165) is 18.5 Å². The summed E-state index contributed by atoms with van der Waals surface area (Å²) in [5, 5.41) is 1.42. The summed E-state index contributed by atoms with van der Waals surface area (Å²) in [6.07, 6.45) is 6.87. The minimum absolute atomic E-state index is 0.814. The van der Waals surface area contributed by atoms with Crippen LogP contribution in [0.3, 0.4) is 0 Å². The lowest BCUT2D eigenvalue weighted by Crippen LogP contribution is -1.88. The zero-order valence-electron chi connectivity index (χ0n) is 11.1. The van der Waals surface area contributed by atoms with Crippen LogP contribution in [0.5, 0.6) is 0 Å². The van der Waals surface area contributed by atoms with Gasteiger partial charge in [0.25, 0.3) is 0 Å². The van der Waals surface area contributed by atoms with E-state index in [4.69, 9.17) is 5.73 Å². The monoisotopic (exact) mass is 277 g/mol. The van der Waals surface area contributed by atoms with E-state index in [0.29, 0.717) is 0 Å².